The number of hydrogen-bond donors (Lipinski definition) is 0. The predicted octanol–water partition coefficient (Wildman–Crippen LogP) is 5.33. The van der Waals surface area contributed by atoms with Crippen LogP contribution in [-0.4, -0.2) is 0 Å². The molecule has 0 aliphatic rings. The first-order valence-corrected chi connectivity index (χ1v) is 6.31. The summed E-state index contributed by atoms with van der Waals surface area (Å²) in [6.07, 6.45) is 0. The van der Waals surface area contributed by atoms with Gasteiger partial charge in [0.2, 0.25) is 17.4 Å². The number of benzene rings is 2. The quantitative estimate of drug-likeness (QED) is 0.537. The summed E-state index contributed by atoms with van der Waals surface area (Å²) >= 11 is 0. The van der Waals surface area contributed by atoms with Crippen molar-refractivity contribution in [1.82, 2.24) is 0 Å². The predicted molar refractivity (Wildman–Crippen MR) is 71.5 cm³/mol. The van der Waals surface area contributed by atoms with Gasteiger partial charge in [-0.3, -0.25) is 0 Å². The second-order valence-electron chi connectivity index (χ2n) is 5.67. The molecule has 1 nitrogen and oxygen atoms in total. The summed E-state index contributed by atoms with van der Waals surface area (Å²) in [6, 6.07) is 6.56. The standard InChI is InChI=1S/C16H14F4O/c1-16(2,3)9-4-6-10(7-5-9)21-15-13(19)11(17)8-12(18)14(15)20/h4-8H,1-3H3. The summed E-state index contributed by atoms with van der Waals surface area (Å²) in [5, 5.41) is 0. The molecule has 0 saturated heterocycles. The van der Waals surface area contributed by atoms with Gasteiger partial charge in [0, 0.05) is 6.07 Å². The zero-order valence-corrected chi connectivity index (χ0v) is 11.8. The van der Waals surface area contributed by atoms with Crippen LogP contribution in [-0.2, 0) is 5.41 Å². The highest BCUT2D eigenvalue weighted by Crippen LogP contribution is 2.32. The highest BCUT2D eigenvalue weighted by molar-refractivity contribution is 5.37. The zero-order valence-electron chi connectivity index (χ0n) is 11.8. The van der Waals surface area contributed by atoms with Crippen molar-refractivity contribution in [2.24, 2.45) is 0 Å². The van der Waals surface area contributed by atoms with E-state index in [2.05, 4.69) is 0 Å². The lowest BCUT2D eigenvalue weighted by Crippen LogP contribution is -2.10. The molecule has 0 saturated carbocycles. The molecule has 0 amide bonds. The van der Waals surface area contributed by atoms with E-state index in [9.17, 15) is 17.6 Å². The van der Waals surface area contributed by atoms with Crippen LogP contribution in [0.3, 0.4) is 0 Å². The molecule has 0 aliphatic heterocycles. The number of halogens is 4. The lowest BCUT2D eigenvalue weighted by molar-refractivity contribution is 0.366. The summed E-state index contributed by atoms with van der Waals surface area (Å²) in [7, 11) is 0. The molecule has 2 rings (SSSR count). The highest BCUT2D eigenvalue weighted by atomic mass is 19.2. The van der Waals surface area contributed by atoms with Gasteiger partial charge in [-0.05, 0) is 23.1 Å². The minimum absolute atomic E-state index is 0.0887. The van der Waals surface area contributed by atoms with Crippen molar-refractivity contribution >= 4 is 0 Å². The van der Waals surface area contributed by atoms with Crippen molar-refractivity contribution in [3.8, 4) is 11.5 Å². The summed E-state index contributed by atoms with van der Waals surface area (Å²) in [5.74, 6) is -7.13. The van der Waals surface area contributed by atoms with E-state index in [1.807, 2.05) is 20.8 Å². The van der Waals surface area contributed by atoms with E-state index in [1.165, 1.54) is 12.1 Å². The van der Waals surface area contributed by atoms with E-state index in [0.29, 0.717) is 0 Å². The Morgan fingerprint density at radius 3 is 1.71 bits per heavy atom. The minimum atomic E-state index is -1.56. The molecule has 0 N–H and O–H groups in total. The first kappa shape index (κ1) is 15.4. The van der Waals surface area contributed by atoms with Gasteiger partial charge in [0.15, 0.2) is 11.6 Å². The Kier molecular flexibility index (Phi) is 3.94. The second kappa shape index (κ2) is 5.39. The average Bonchev–Trinajstić information content (AvgIpc) is 2.41. The highest BCUT2D eigenvalue weighted by Gasteiger charge is 2.21. The smallest absolute Gasteiger partial charge is 0.204 e. The van der Waals surface area contributed by atoms with Crippen LogP contribution < -0.4 is 4.74 Å². The van der Waals surface area contributed by atoms with Gasteiger partial charge in [0.1, 0.15) is 5.75 Å². The third-order valence-corrected chi connectivity index (χ3v) is 3.01. The maximum atomic E-state index is 13.5. The van der Waals surface area contributed by atoms with Crippen LogP contribution in [0.1, 0.15) is 26.3 Å². The maximum absolute atomic E-state index is 13.5. The Balaban J connectivity index is 2.35. The van der Waals surface area contributed by atoms with Crippen molar-refractivity contribution in [3.05, 3.63) is 59.2 Å². The van der Waals surface area contributed by atoms with Gasteiger partial charge < -0.3 is 4.74 Å². The summed E-state index contributed by atoms with van der Waals surface area (Å²) in [6.45, 7) is 6.01. The zero-order chi connectivity index (χ0) is 15.8. The topological polar surface area (TPSA) is 9.23 Å². The summed E-state index contributed by atoms with van der Waals surface area (Å²) in [4.78, 5) is 0. The molecule has 21 heavy (non-hydrogen) atoms. The van der Waals surface area contributed by atoms with E-state index >= 15 is 0 Å². The van der Waals surface area contributed by atoms with E-state index in [4.69, 9.17) is 4.74 Å². The van der Waals surface area contributed by atoms with Crippen molar-refractivity contribution in [2.75, 3.05) is 0 Å². The van der Waals surface area contributed by atoms with Crippen LogP contribution in [0.2, 0.25) is 0 Å². The first-order chi connectivity index (χ1) is 9.70. The van der Waals surface area contributed by atoms with Gasteiger partial charge in [-0.25, -0.2) is 8.78 Å². The first-order valence-electron chi connectivity index (χ1n) is 6.31. The lowest BCUT2D eigenvalue weighted by atomic mass is 9.87. The van der Waals surface area contributed by atoms with Crippen LogP contribution in [0.15, 0.2) is 30.3 Å². The molecule has 5 heteroatoms. The molecular formula is C16H14F4O. The molecular weight excluding hydrogens is 284 g/mol. The SMILES string of the molecule is CC(C)(C)c1ccc(Oc2c(F)c(F)cc(F)c2F)cc1. The molecule has 0 heterocycles. The minimum Gasteiger partial charge on any atom is -0.451 e. The van der Waals surface area contributed by atoms with Crippen LogP contribution in [0.4, 0.5) is 17.6 Å². The Labute approximate surface area is 120 Å². The third-order valence-electron chi connectivity index (χ3n) is 3.01. The number of ether oxygens (including phenoxy) is 1. The van der Waals surface area contributed by atoms with Gasteiger partial charge in [-0.2, -0.15) is 8.78 Å². The van der Waals surface area contributed by atoms with E-state index in [-0.39, 0.29) is 17.2 Å². The summed E-state index contributed by atoms with van der Waals surface area (Å²) in [5.41, 5.74) is 0.890. The van der Waals surface area contributed by atoms with Crippen LogP contribution in [0.5, 0.6) is 11.5 Å². The van der Waals surface area contributed by atoms with Crippen molar-refractivity contribution in [2.45, 2.75) is 26.2 Å². The Bertz CT molecular complexity index is 631. The molecule has 0 atom stereocenters. The van der Waals surface area contributed by atoms with Crippen LogP contribution in [0.25, 0.3) is 0 Å². The van der Waals surface area contributed by atoms with Gasteiger partial charge in [0.25, 0.3) is 0 Å². The molecule has 0 aliphatic carbocycles. The fourth-order valence-corrected chi connectivity index (χ4v) is 1.78. The fraction of sp³-hybridized carbons (Fsp3) is 0.250. The maximum Gasteiger partial charge on any atom is 0.204 e. The molecule has 0 unspecified atom stereocenters. The molecule has 0 spiro atoms. The van der Waals surface area contributed by atoms with Gasteiger partial charge >= 0.3 is 0 Å². The summed E-state index contributed by atoms with van der Waals surface area (Å²) < 4.78 is 58.1. The average molecular weight is 298 g/mol. The van der Waals surface area contributed by atoms with E-state index in [0.717, 1.165) is 5.56 Å². The monoisotopic (exact) mass is 298 g/mol. The lowest BCUT2D eigenvalue weighted by Gasteiger charge is -2.19. The molecule has 0 aromatic heterocycles. The number of rotatable bonds is 2. The van der Waals surface area contributed by atoms with E-state index in [1.54, 1.807) is 12.1 Å². The Hall–Kier alpha value is -2.04. The fourth-order valence-electron chi connectivity index (χ4n) is 1.78. The second-order valence-corrected chi connectivity index (χ2v) is 5.67. The molecule has 2 aromatic carbocycles. The molecule has 0 radical (unpaired) electrons. The van der Waals surface area contributed by atoms with Gasteiger partial charge in [-0.1, -0.05) is 32.9 Å². The molecule has 2 aromatic rings. The molecule has 112 valence electrons. The van der Waals surface area contributed by atoms with Gasteiger partial charge in [-0.15, -0.1) is 0 Å². The third kappa shape index (κ3) is 3.17. The largest absolute Gasteiger partial charge is 0.451 e. The normalized spacial score (nSPS) is 11.6. The Morgan fingerprint density at radius 2 is 1.29 bits per heavy atom. The van der Waals surface area contributed by atoms with Crippen LogP contribution >= 0.6 is 0 Å². The van der Waals surface area contributed by atoms with E-state index < -0.39 is 29.0 Å². The molecule has 0 fully saturated rings. The van der Waals surface area contributed by atoms with Crippen molar-refractivity contribution in [3.63, 3.8) is 0 Å². The van der Waals surface area contributed by atoms with Crippen molar-refractivity contribution < 1.29 is 22.3 Å². The molecule has 0 bridgehead atoms. The number of hydrogen-bond acceptors (Lipinski definition) is 1. The van der Waals surface area contributed by atoms with Gasteiger partial charge in [0.05, 0.1) is 0 Å². The Morgan fingerprint density at radius 1 is 0.810 bits per heavy atom. The van der Waals surface area contributed by atoms with Crippen LogP contribution in [0, 0.1) is 23.3 Å². The van der Waals surface area contributed by atoms with Crippen molar-refractivity contribution in [1.29, 1.82) is 0 Å².